The topological polar surface area (TPSA) is 0 Å². The van der Waals surface area contributed by atoms with Crippen molar-refractivity contribution in [1.82, 2.24) is 0 Å². The Morgan fingerprint density at radius 1 is 0.767 bits per heavy atom. The Hall–Kier alpha value is -0.850. The minimum absolute atomic E-state index is 0.114. The molecule has 1 aromatic rings. The number of aryl methyl sites for hydroxylation is 1. The van der Waals surface area contributed by atoms with Crippen LogP contribution in [-0.2, 0) is 12.8 Å². The van der Waals surface area contributed by atoms with Crippen molar-refractivity contribution >= 4 is 0 Å². The lowest BCUT2D eigenvalue weighted by atomic mass is 9.63. The Morgan fingerprint density at radius 3 is 2.43 bits per heavy atom. The van der Waals surface area contributed by atoms with Crippen LogP contribution in [0, 0.1) is 29.5 Å². The molecule has 168 valence electrons. The van der Waals surface area contributed by atoms with Gasteiger partial charge in [-0.1, -0.05) is 71.3 Å². The zero-order valence-electron chi connectivity index (χ0n) is 19.7. The van der Waals surface area contributed by atoms with Gasteiger partial charge in [-0.25, -0.2) is 4.39 Å². The summed E-state index contributed by atoms with van der Waals surface area (Å²) in [5.74, 6) is 4.14. The van der Waals surface area contributed by atoms with E-state index in [0.717, 1.165) is 35.7 Å². The van der Waals surface area contributed by atoms with E-state index >= 15 is 4.39 Å². The molecule has 5 atom stereocenters. The quantitative estimate of drug-likeness (QED) is 0.374. The molecule has 0 bridgehead atoms. The van der Waals surface area contributed by atoms with Gasteiger partial charge in [-0.15, -0.1) is 0 Å². The first-order chi connectivity index (χ1) is 14.7. The fraction of sp³-hybridized carbons (Fsp3) is 0.793. The standard InChI is InChI=1S/C29H45F/c1-3-5-6-7-9-22-11-13-25-19-28(29(30)20-27(25)17-22)26-15-14-23-16-21(8-4-2)10-12-24(23)18-26/h19-24,26H,3-18H2,1-2H3. The molecule has 0 aromatic heterocycles. The fourth-order valence-electron chi connectivity index (χ4n) is 7.23. The van der Waals surface area contributed by atoms with Gasteiger partial charge in [0.1, 0.15) is 5.82 Å². The average Bonchev–Trinajstić information content (AvgIpc) is 2.76. The third-order valence-corrected chi connectivity index (χ3v) is 8.97. The molecule has 1 aromatic carbocycles. The second-order valence-corrected chi connectivity index (χ2v) is 11.1. The number of halogens is 1. The van der Waals surface area contributed by atoms with Crippen LogP contribution in [0.1, 0.15) is 126 Å². The van der Waals surface area contributed by atoms with Crippen molar-refractivity contribution in [3.63, 3.8) is 0 Å². The van der Waals surface area contributed by atoms with Crippen LogP contribution in [0.4, 0.5) is 4.39 Å². The zero-order chi connectivity index (χ0) is 20.9. The summed E-state index contributed by atoms with van der Waals surface area (Å²) in [6.45, 7) is 4.61. The number of rotatable bonds is 8. The summed E-state index contributed by atoms with van der Waals surface area (Å²) in [6.07, 6.45) is 21.2. The van der Waals surface area contributed by atoms with Gasteiger partial charge in [0.15, 0.2) is 0 Å². The molecule has 0 amide bonds. The maximum absolute atomic E-state index is 15.2. The van der Waals surface area contributed by atoms with E-state index in [1.807, 2.05) is 6.07 Å². The Labute approximate surface area is 185 Å². The molecule has 3 aliphatic rings. The lowest BCUT2D eigenvalue weighted by molar-refractivity contribution is 0.113. The van der Waals surface area contributed by atoms with Gasteiger partial charge >= 0.3 is 0 Å². The highest BCUT2D eigenvalue weighted by molar-refractivity contribution is 5.37. The predicted octanol–water partition coefficient (Wildman–Crippen LogP) is 9.00. The van der Waals surface area contributed by atoms with E-state index in [4.69, 9.17) is 0 Å². The van der Waals surface area contributed by atoms with E-state index in [0.29, 0.717) is 5.92 Å². The molecule has 30 heavy (non-hydrogen) atoms. The van der Waals surface area contributed by atoms with Gasteiger partial charge < -0.3 is 0 Å². The second kappa shape index (κ2) is 10.6. The molecule has 0 spiro atoms. The lowest BCUT2D eigenvalue weighted by Crippen LogP contribution is -2.30. The van der Waals surface area contributed by atoms with Gasteiger partial charge in [0.05, 0.1) is 0 Å². The minimum Gasteiger partial charge on any atom is -0.207 e. The van der Waals surface area contributed by atoms with Crippen LogP contribution in [0.25, 0.3) is 0 Å². The highest BCUT2D eigenvalue weighted by Gasteiger charge is 2.36. The summed E-state index contributed by atoms with van der Waals surface area (Å²) >= 11 is 0. The molecular weight excluding hydrogens is 367 g/mol. The summed E-state index contributed by atoms with van der Waals surface area (Å²) in [5, 5.41) is 0. The van der Waals surface area contributed by atoms with E-state index in [1.165, 1.54) is 107 Å². The first-order valence-corrected chi connectivity index (χ1v) is 13.5. The minimum atomic E-state index is 0.114. The van der Waals surface area contributed by atoms with Crippen LogP contribution in [0.2, 0.25) is 0 Å². The number of hydrogen-bond acceptors (Lipinski definition) is 0. The third kappa shape index (κ3) is 5.31. The fourth-order valence-corrected chi connectivity index (χ4v) is 7.23. The van der Waals surface area contributed by atoms with Crippen molar-refractivity contribution in [2.24, 2.45) is 23.7 Å². The van der Waals surface area contributed by atoms with Gasteiger partial charge in [-0.2, -0.15) is 0 Å². The third-order valence-electron chi connectivity index (χ3n) is 8.97. The van der Waals surface area contributed by atoms with Crippen molar-refractivity contribution in [1.29, 1.82) is 0 Å². The van der Waals surface area contributed by atoms with Gasteiger partial charge in [0.25, 0.3) is 0 Å². The van der Waals surface area contributed by atoms with Crippen molar-refractivity contribution in [3.8, 4) is 0 Å². The predicted molar refractivity (Wildman–Crippen MR) is 126 cm³/mol. The molecule has 0 nitrogen and oxygen atoms in total. The Kier molecular flexibility index (Phi) is 7.93. The molecule has 0 heterocycles. The maximum atomic E-state index is 15.2. The van der Waals surface area contributed by atoms with Crippen molar-refractivity contribution in [2.45, 2.75) is 122 Å². The van der Waals surface area contributed by atoms with Gasteiger partial charge in [0.2, 0.25) is 0 Å². The van der Waals surface area contributed by atoms with Crippen molar-refractivity contribution < 1.29 is 4.39 Å². The van der Waals surface area contributed by atoms with E-state index in [1.54, 1.807) is 0 Å². The maximum Gasteiger partial charge on any atom is 0.126 e. The SMILES string of the molecule is CCCCCCC1CCc2cc(C3CCC4CC(CCC)CCC4C3)c(F)cc2C1. The Morgan fingerprint density at radius 2 is 1.60 bits per heavy atom. The van der Waals surface area contributed by atoms with E-state index in [-0.39, 0.29) is 5.82 Å². The monoisotopic (exact) mass is 412 g/mol. The highest BCUT2D eigenvalue weighted by Crippen LogP contribution is 2.49. The van der Waals surface area contributed by atoms with Crippen molar-refractivity contribution in [2.75, 3.05) is 0 Å². The van der Waals surface area contributed by atoms with Crippen LogP contribution in [0.15, 0.2) is 12.1 Å². The molecule has 4 rings (SSSR count). The number of hydrogen-bond donors (Lipinski definition) is 0. The van der Waals surface area contributed by atoms with Gasteiger partial charge in [-0.05, 0) is 104 Å². The van der Waals surface area contributed by atoms with Crippen LogP contribution in [-0.4, -0.2) is 0 Å². The summed E-state index contributed by atoms with van der Waals surface area (Å²) in [7, 11) is 0. The highest BCUT2D eigenvalue weighted by atomic mass is 19.1. The van der Waals surface area contributed by atoms with Crippen LogP contribution >= 0.6 is 0 Å². The second-order valence-electron chi connectivity index (χ2n) is 11.1. The van der Waals surface area contributed by atoms with E-state index in [9.17, 15) is 0 Å². The molecule has 5 unspecified atom stereocenters. The molecule has 0 aliphatic heterocycles. The number of benzene rings is 1. The molecule has 0 saturated heterocycles. The molecule has 3 aliphatic carbocycles. The summed E-state index contributed by atoms with van der Waals surface area (Å²) in [5.41, 5.74) is 3.88. The average molecular weight is 413 g/mol. The van der Waals surface area contributed by atoms with Crippen LogP contribution < -0.4 is 0 Å². The van der Waals surface area contributed by atoms with E-state index in [2.05, 4.69) is 19.9 Å². The first kappa shape index (κ1) is 22.3. The van der Waals surface area contributed by atoms with E-state index < -0.39 is 0 Å². The molecule has 0 N–H and O–H groups in total. The smallest absolute Gasteiger partial charge is 0.126 e. The van der Waals surface area contributed by atoms with Gasteiger partial charge in [0, 0.05) is 0 Å². The Bertz CT molecular complexity index is 677. The summed E-state index contributed by atoms with van der Waals surface area (Å²) < 4.78 is 15.2. The zero-order valence-corrected chi connectivity index (χ0v) is 19.7. The lowest BCUT2D eigenvalue weighted by Gasteiger charge is -2.42. The molecular formula is C29H45F. The Balaban J connectivity index is 1.36. The summed E-state index contributed by atoms with van der Waals surface area (Å²) in [4.78, 5) is 0. The molecule has 1 heteroatoms. The first-order valence-electron chi connectivity index (χ1n) is 13.5. The number of unbranched alkanes of at least 4 members (excludes halogenated alkanes) is 3. The summed E-state index contributed by atoms with van der Waals surface area (Å²) in [6, 6.07) is 4.26. The van der Waals surface area contributed by atoms with Crippen LogP contribution in [0.3, 0.4) is 0 Å². The van der Waals surface area contributed by atoms with Gasteiger partial charge in [-0.3, -0.25) is 0 Å². The normalized spacial score (nSPS) is 31.2. The molecule has 2 fully saturated rings. The van der Waals surface area contributed by atoms with Crippen LogP contribution in [0.5, 0.6) is 0 Å². The van der Waals surface area contributed by atoms with Crippen molar-refractivity contribution in [3.05, 3.63) is 34.6 Å². The molecule has 0 radical (unpaired) electrons. The largest absolute Gasteiger partial charge is 0.207 e. The molecule has 2 saturated carbocycles. The number of fused-ring (bicyclic) bond motifs is 2.